The van der Waals surface area contributed by atoms with Crippen molar-refractivity contribution in [1.82, 2.24) is 8.83 Å². The highest BCUT2D eigenvalue weighted by Gasteiger charge is 2.18. The zero-order chi connectivity index (χ0) is 11.1. The Kier molecular flexibility index (Phi) is 6.41. The molecule has 2 rings (SSSR count). The van der Waals surface area contributed by atoms with Crippen molar-refractivity contribution < 1.29 is 0 Å². The van der Waals surface area contributed by atoms with Gasteiger partial charge in [0.15, 0.2) is 0 Å². The van der Waals surface area contributed by atoms with Gasteiger partial charge in [-0.2, -0.15) is 8.83 Å². The van der Waals surface area contributed by atoms with Crippen molar-refractivity contribution in [2.45, 2.75) is 51.4 Å². The Morgan fingerprint density at radius 2 is 0.938 bits per heavy atom. The van der Waals surface area contributed by atoms with Crippen LogP contribution in [0.25, 0.3) is 0 Å². The van der Waals surface area contributed by atoms with Gasteiger partial charge in [0.1, 0.15) is 0 Å². The minimum absolute atomic E-state index is 1.26. The summed E-state index contributed by atoms with van der Waals surface area (Å²) in [6.07, 6.45) is 11.3. The van der Waals surface area contributed by atoms with Crippen molar-refractivity contribution >= 4 is 23.9 Å². The SMILES string of the molecule is C1CCCN(N2CCCCCCS2)SCC1. The largest absolute Gasteiger partial charge is 0.175 e. The molecule has 0 spiro atoms. The topological polar surface area (TPSA) is 6.48 Å². The molecule has 16 heavy (non-hydrogen) atoms. The first-order valence-corrected chi connectivity index (χ1v) is 8.66. The third-order valence-corrected chi connectivity index (χ3v) is 5.62. The molecular weight excluding hydrogens is 236 g/mol. The molecule has 2 aliphatic heterocycles. The smallest absolute Gasteiger partial charge is 0.0256 e. The summed E-state index contributed by atoms with van der Waals surface area (Å²) in [5.41, 5.74) is 0. The van der Waals surface area contributed by atoms with Crippen molar-refractivity contribution in [2.75, 3.05) is 24.6 Å². The normalized spacial score (nSPS) is 27.8. The van der Waals surface area contributed by atoms with Crippen molar-refractivity contribution in [1.29, 1.82) is 0 Å². The van der Waals surface area contributed by atoms with Gasteiger partial charge in [-0.25, -0.2) is 0 Å². The van der Waals surface area contributed by atoms with Gasteiger partial charge in [-0.1, -0.05) is 49.6 Å². The van der Waals surface area contributed by atoms with Crippen molar-refractivity contribution in [3.63, 3.8) is 0 Å². The fourth-order valence-electron chi connectivity index (χ4n) is 2.23. The monoisotopic (exact) mass is 260 g/mol. The molecule has 0 bridgehead atoms. The maximum atomic E-state index is 2.55. The first kappa shape index (κ1) is 13.1. The van der Waals surface area contributed by atoms with Gasteiger partial charge in [0, 0.05) is 24.6 Å². The third kappa shape index (κ3) is 4.47. The van der Waals surface area contributed by atoms with Crippen molar-refractivity contribution in [2.24, 2.45) is 0 Å². The molecule has 0 saturated carbocycles. The molecule has 0 aromatic heterocycles. The number of hydrazine groups is 1. The Hall–Kier alpha value is 0.620. The second kappa shape index (κ2) is 7.85. The van der Waals surface area contributed by atoms with E-state index in [2.05, 4.69) is 32.7 Å². The van der Waals surface area contributed by atoms with Crippen LogP contribution in [0.1, 0.15) is 51.4 Å². The molecule has 0 atom stereocenters. The molecule has 2 saturated heterocycles. The van der Waals surface area contributed by atoms with Gasteiger partial charge in [0.25, 0.3) is 0 Å². The van der Waals surface area contributed by atoms with Gasteiger partial charge in [0.05, 0.1) is 0 Å². The van der Waals surface area contributed by atoms with Gasteiger partial charge in [-0.05, 0) is 25.7 Å². The molecule has 94 valence electrons. The van der Waals surface area contributed by atoms with Crippen LogP contribution in [0.2, 0.25) is 0 Å². The van der Waals surface area contributed by atoms with Crippen LogP contribution >= 0.6 is 23.9 Å². The first-order chi connectivity index (χ1) is 7.97. The van der Waals surface area contributed by atoms with E-state index >= 15 is 0 Å². The number of rotatable bonds is 1. The van der Waals surface area contributed by atoms with Crippen molar-refractivity contribution in [3.05, 3.63) is 0 Å². The number of nitrogens with zero attached hydrogens (tertiary/aromatic N) is 2. The molecule has 2 heterocycles. The lowest BCUT2D eigenvalue weighted by Gasteiger charge is -2.34. The zero-order valence-electron chi connectivity index (χ0n) is 10.2. The Bertz CT molecular complexity index is 154. The van der Waals surface area contributed by atoms with E-state index in [1.54, 1.807) is 0 Å². The molecular formula is C12H24N2S2. The minimum Gasteiger partial charge on any atom is -0.175 e. The zero-order valence-corrected chi connectivity index (χ0v) is 11.8. The minimum atomic E-state index is 1.26. The van der Waals surface area contributed by atoms with E-state index in [1.165, 1.54) is 76.0 Å². The average Bonchev–Trinajstić information content (AvgIpc) is 2.18. The Morgan fingerprint density at radius 1 is 0.500 bits per heavy atom. The molecule has 2 aliphatic rings. The second-order valence-electron chi connectivity index (χ2n) is 4.65. The van der Waals surface area contributed by atoms with Crippen LogP contribution in [0.15, 0.2) is 0 Å². The van der Waals surface area contributed by atoms with Gasteiger partial charge < -0.3 is 0 Å². The highest BCUT2D eigenvalue weighted by atomic mass is 32.2. The number of hydrogen-bond acceptors (Lipinski definition) is 4. The summed E-state index contributed by atoms with van der Waals surface area (Å²) in [4.78, 5) is 0. The highest BCUT2D eigenvalue weighted by molar-refractivity contribution is 7.99. The van der Waals surface area contributed by atoms with Gasteiger partial charge in [0.2, 0.25) is 0 Å². The van der Waals surface area contributed by atoms with E-state index in [0.29, 0.717) is 0 Å². The summed E-state index contributed by atoms with van der Waals surface area (Å²) in [5, 5.41) is 0. The van der Waals surface area contributed by atoms with Gasteiger partial charge in [-0.3, -0.25) is 0 Å². The summed E-state index contributed by atoms with van der Waals surface area (Å²) in [7, 11) is 0. The lowest BCUT2D eigenvalue weighted by atomic mass is 10.2. The maximum Gasteiger partial charge on any atom is 0.0256 e. The highest BCUT2D eigenvalue weighted by Crippen LogP contribution is 2.28. The Labute approximate surface area is 109 Å². The maximum absolute atomic E-state index is 2.55. The summed E-state index contributed by atoms with van der Waals surface area (Å²) >= 11 is 4.12. The lowest BCUT2D eigenvalue weighted by molar-refractivity contribution is 0.188. The molecule has 0 unspecified atom stereocenters. The fraction of sp³-hybridized carbons (Fsp3) is 1.00. The molecule has 0 amide bonds. The standard InChI is InChI=1S/C12H24N2S2/c1-3-7-11-15-13(9-5-1)14-10-6-2-4-8-12-16-14/h1-12H2. The lowest BCUT2D eigenvalue weighted by Crippen LogP contribution is -2.35. The molecule has 0 N–H and O–H groups in total. The first-order valence-electron chi connectivity index (χ1n) is 6.77. The summed E-state index contributed by atoms with van der Waals surface area (Å²) in [5.74, 6) is 2.63. The fourth-order valence-corrected chi connectivity index (χ4v) is 4.53. The van der Waals surface area contributed by atoms with E-state index in [4.69, 9.17) is 0 Å². The van der Waals surface area contributed by atoms with Crippen LogP contribution in [0.4, 0.5) is 0 Å². The molecule has 0 aromatic carbocycles. The predicted molar refractivity (Wildman–Crippen MR) is 75.3 cm³/mol. The third-order valence-electron chi connectivity index (χ3n) is 3.22. The van der Waals surface area contributed by atoms with E-state index < -0.39 is 0 Å². The Balaban J connectivity index is 1.81. The summed E-state index contributed by atoms with van der Waals surface area (Å²) in [6.45, 7) is 2.52. The predicted octanol–water partition coefficient (Wildman–Crippen LogP) is 3.95. The van der Waals surface area contributed by atoms with E-state index in [9.17, 15) is 0 Å². The van der Waals surface area contributed by atoms with Crippen LogP contribution in [0.5, 0.6) is 0 Å². The molecule has 4 heteroatoms. The average molecular weight is 260 g/mol. The second-order valence-corrected chi connectivity index (χ2v) is 6.82. The number of hydrogen-bond donors (Lipinski definition) is 0. The molecule has 2 fully saturated rings. The quantitative estimate of drug-likeness (QED) is 0.658. The molecule has 0 radical (unpaired) electrons. The van der Waals surface area contributed by atoms with Crippen LogP contribution < -0.4 is 0 Å². The molecule has 0 aromatic rings. The van der Waals surface area contributed by atoms with Crippen LogP contribution in [0.3, 0.4) is 0 Å². The van der Waals surface area contributed by atoms with E-state index in [-0.39, 0.29) is 0 Å². The summed E-state index contributed by atoms with van der Waals surface area (Å²) < 4.78 is 5.10. The van der Waals surface area contributed by atoms with Gasteiger partial charge >= 0.3 is 0 Å². The molecule has 2 nitrogen and oxygen atoms in total. The van der Waals surface area contributed by atoms with E-state index in [1.807, 2.05) is 0 Å². The van der Waals surface area contributed by atoms with Crippen molar-refractivity contribution in [3.8, 4) is 0 Å². The van der Waals surface area contributed by atoms with Crippen LogP contribution in [0, 0.1) is 0 Å². The van der Waals surface area contributed by atoms with E-state index in [0.717, 1.165) is 0 Å². The van der Waals surface area contributed by atoms with Gasteiger partial charge in [-0.15, -0.1) is 0 Å². The summed E-state index contributed by atoms with van der Waals surface area (Å²) in [6, 6.07) is 0. The molecule has 0 aliphatic carbocycles. The van der Waals surface area contributed by atoms with Crippen LogP contribution in [-0.4, -0.2) is 33.4 Å². The Morgan fingerprint density at radius 3 is 1.44 bits per heavy atom. The van der Waals surface area contributed by atoms with Crippen LogP contribution in [-0.2, 0) is 0 Å².